The Bertz CT molecular complexity index is 1450. The molecule has 0 aromatic heterocycles. The summed E-state index contributed by atoms with van der Waals surface area (Å²) in [5.41, 5.74) is 1.06. The van der Waals surface area contributed by atoms with Crippen molar-refractivity contribution in [3.8, 4) is 0 Å². The van der Waals surface area contributed by atoms with Crippen LogP contribution >= 0.6 is 11.8 Å². The van der Waals surface area contributed by atoms with Crippen molar-refractivity contribution < 1.29 is 19.5 Å². The molecule has 8 atom stereocenters. The highest BCUT2D eigenvalue weighted by Crippen LogP contribution is 2.75. The van der Waals surface area contributed by atoms with Gasteiger partial charge in [-0.3, -0.25) is 14.4 Å². The maximum absolute atomic E-state index is 14.7. The summed E-state index contributed by atoms with van der Waals surface area (Å²) in [6, 6.07) is 8.39. The van der Waals surface area contributed by atoms with E-state index < -0.39 is 16.8 Å². The summed E-state index contributed by atoms with van der Waals surface area (Å²) >= 11 is 1.71. The Hall–Kier alpha value is -2.14. The molecule has 1 aromatic rings. The van der Waals surface area contributed by atoms with Gasteiger partial charge in [-0.25, -0.2) is 0 Å². The molecule has 5 heteroatoms. The van der Waals surface area contributed by atoms with Gasteiger partial charge in [0.05, 0.1) is 5.41 Å². The Morgan fingerprint density at radius 2 is 1.58 bits per heavy atom. The Balaban J connectivity index is 1.45. The van der Waals surface area contributed by atoms with Crippen molar-refractivity contribution in [1.29, 1.82) is 0 Å². The topological polar surface area (TPSA) is 71.4 Å². The summed E-state index contributed by atoms with van der Waals surface area (Å²) in [7, 11) is 0. The highest BCUT2D eigenvalue weighted by Gasteiger charge is 2.70. The fourth-order valence-corrected chi connectivity index (χ4v) is 11.7. The van der Waals surface area contributed by atoms with E-state index in [9.17, 15) is 19.5 Å². The molecule has 0 amide bonds. The van der Waals surface area contributed by atoms with Gasteiger partial charge in [-0.2, -0.15) is 0 Å². The van der Waals surface area contributed by atoms with E-state index in [-0.39, 0.29) is 51.0 Å². The number of carboxylic acids is 1. The largest absolute Gasteiger partial charge is 0.481 e. The molecule has 4 nitrogen and oxygen atoms in total. The van der Waals surface area contributed by atoms with Crippen molar-refractivity contribution in [1.82, 2.24) is 0 Å². The first-order valence-electron chi connectivity index (χ1n) is 16.3. The van der Waals surface area contributed by atoms with Gasteiger partial charge in [0.25, 0.3) is 0 Å². The van der Waals surface area contributed by atoms with Gasteiger partial charge in [0, 0.05) is 16.2 Å². The van der Waals surface area contributed by atoms with Crippen LogP contribution in [0.5, 0.6) is 0 Å². The lowest BCUT2D eigenvalue weighted by Gasteiger charge is -2.70. The standard InChI is InChI=1S/C38H50O4S/c1-33(2)29-13-14-38(7)30(36(29,5)21-24(31(33)40)19-23-9-11-25(43-8)12-10-23)28(39)20-26-27-22-35(4,32(41)42)16-15-34(27,3)17-18-37(26,38)6/h9-12,19-20,27,29-30H,13-18,21-22H2,1-8H3,(H,41,42)/b24-19+/t27-,29-,30+,34+,35-,36-,37+,38+/m0/s1. The predicted octanol–water partition coefficient (Wildman–Crippen LogP) is 9.04. The van der Waals surface area contributed by atoms with Crippen molar-refractivity contribution >= 4 is 35.4 Å². The molecule has 0 bridgehead atoms. The van der Waals surface area contributed by atoms with E-state index in [1.54, 1.807) is 11.8 Å². The Kier molecular flexibility index (Phi) is 6.95. The maximum atomic E-state index is 14.7. The van der Waals surface area contributed by atoms with Gasteiger partial charge in [0.1, 0.15) is 0 Å². The minimum absolute atomic E-state index is 0.0336. The number of rotatable bonds is 3. The van der Waals surface area contributed by atoms with Crippen LogP contribution < -0.4 is 0 Å². The Labute approximate surface area is 262 Å². The van der Waals surface area contributed by atoms with E-state index in [1.807, 2.05) is 13.0 Å². The van der Waals surface area contributed by atoms with Crippen LogP contribution in [0.1, 0.15) is 105 Å². The number of hydrogen-bond acceptors (Lipinski definition) is 4. The van der Waals surface area contributed by atoms with Crippen molar-refractivity contribution in [3.63, 3.8) is 0 Å². The summed E-state index contributed by atoms with van der Waals surface area (Å²) in [5, 5.41) is 10.2. The third-order valence-corrected chi connectivity index (χ3v) is 14.9. The second-order valence-corrected chi connectivity index (χ2v) is 17.6. The van der Waals surface area contributed by atoms with Gasteiger partial charge in [-0.15, -0.1) is 11.8 Å². The quantitative estimate of drug-likeness (QED) is 0.276. The van der Waals surface area contributed by atoms with Gasteiger partial charge in [-0.05, 0) is 133 Å². The lowest BCUT2D eigenvalue weighted by Crippen LogP contribution is -2.66. The highest BCUT2D eigenvalue weighted by atomic mass is 32.2. The van der Waals surface area contributed by atoms with Crippen LogP contribution in [0.2, 0.25) is 0 Å². The number of Topliss-reactive ketones (excluding diaryl/α,β-unsaturated/α-hetero) is 1. The normalized spacial score (nSPS) is 44.5. The van der Waals surface area contributed by atoms with Crippen LogP contribution in [0.15, 0.2) is 46.4 Å². The number of fused-ring (bicyclic) bond motifs is 7. The monoisotopic (exact) mass is 602 g/mol. The fourth-order valence-electron chi connectivity index (χ4n) is 11.3. The maximum Gasteiger partial charge on any atom is 0.309 e. The molecule has 1 aromatic carbocycles. The molecule has 232 valence electrons. The van der Waals surface area contributed by atoms with Crippen molar-refractivity contribution in [3.05, 3.63) is 47.1 Å². The first-order valence-corrected chi connectivity index (χ1v) is 17.6. The molecule has 1 N–H and O–H groups in total. The second kappa shape index (κ2) is 9.68. The molecule has 0 saturated heterocycles. The second-order valence-electron chi connectivity index (χ2n) is 16.7. The van der Waals surface area contributed by atoms with Gasteiger partial charge < -0.3 is 5.11 Å². The zero-order valence-corrected chi connectivity index (χ0v) is 28.2. The molecule has 5 aliphatic carbocycles. The minimum atomic E-state index is -0.755. The van der Waals surface area contributed by atoms with Crippen LogP contribution in [0.25, 0.3) is 6.08 Å². The molecule has 0 heterocycles. The number of carboxylic acid groups (broad SMARTS) is 1. The van der Waals surface area contributed by atoms with E-state index >= 15 is 0 Å². The third kappa shape index (κ3) is 4.18. The number of benzene rings is 1. The van der Waals surface area contributed by atoms with E-state index in [4.69, 9.17) is 0 Å². The summed E-state index contributed by atoms with van der Waals surface area (Å²) in [5.74, 6) is -0.218. The van der Waals surface area contributed by atoms with Crippen LogP contribution in [0, 0.1) is 50.2 Å². The van der Waals surface area contributed by atoms with Crippen LogP contribution in [-0.4, -0.2) is 28.9 Å². The van der Waals surface area contributed by atoms with Crippen molar-refractivity contribution in [2.75, 3.05) is 6.26 Å². The molecule has 5 aliphatic rings. The van der Waals surface area contributed by atoms with Crippen LogP contribution in [0.4, 0.5) is 0 Å². The minimum Gasteiger partial charge on any atom is -0.481 e. The number of carbonyl (C=O) groups is 3. The molecule has 0 radical (unpaired) electrons. The third-order valence-electron chi connectivity index (χ3n) is 14.1. The average Bonchev–Trinajstić information content (AvgIpc) is 2.94. The summed E-state index contributed by atoms with van der Waals surface area (Å²) in [6.07, 6.45) is 12.9. The fraction of sp³-hybridized carbons (Fsp3) is 0.658. The molecule has 6 rings (SSSR count). The molecular weight excluding hydrogens is 552 g/mol. The molecule has 4 saturated carbocycles. The highest BCUT2D eigenvalue weighted by molar-refractivity contribution is 7.98. The molecular formula is C38H50O4S. The van der Waals surface area contributed by atoms with Crippen LogP contribution in [0.3, 0.4) is 0 Å². The van der Waals surface area contributed by atoms with E-state index in [2.05, 4.69) is 78.1 Å². The average molecular weight is 603 g/mol. The molecule has 4 fully saturated rings. The lowest BCUT2D eigenvalue weighted by atomic mass is 9.33. The SMILES string of the molecule is CSc1ccc(/C=C2\C[C@]3(C)[C@H]4C(=O)C=C5[C@@H]6C[C@@](C)(C(=O)O)CC[C@]6(C)CC[C@@]5(C)[C@]4(C)CC[C@H]3C(C)(C)C2=O)cc1. The van der Waals surface area contributed by atoms with E-state index in [0.29, 0.717) is 19.3 Å². The van der Waals surface area contributed by atoms with Gasteiger partial charge >= 0.3 is 5.97 Å². The zero-order chi connectivity index (χ0) is 31.4. The first-order chi connectivity index (χ1) is 19.9. The number of carbonyl (C=O) groups excluding carboxylic acids is 2. The van der Waals surface area contributed by atoms with E-state index in [1.165, 1.54) is 10.5 Å². The Morgan fingerprint density at radius 1 is 0.930 bits per heavy atom. The number of ketones is 2. The summed E-state index contributed by atoms with van der Waals surface area (Å²) in [4.78, 5) is 42.4. The van der Waals surface area contributed by atoms with Gasteiger partial charge in [-0.1, -0.05) is 59.2 Å². The summed E-state index contributed by atoms with van der Waals surface area (Å²) < 4.78 is 0. The molecule has 0 unspecified atom stereocenters. The number of allylic oxidation sites excluding steroid dienone is 3. The van der Waals surface area contributed by atoms with E-state index in [0.717, 1.165) is 43.2 Å². The van der Waals surface area contributed by atoms with Crippen molar-refractivity contribution in [2.24, 2.45) is 50.2 Å². The summed E-state index contributed by atoms with van der Waals surface area (Å²) in [6.45, 7) is 15.6. The first kappa shape index (κ1) is 30.9. The smallest absolute Gasteiger partial charge is 0.309 e. The molecule has 0 spiro atoms. The van der Waals surface area contributed by atoms with Crippen molar-refractivity contribution in [2.45, 2.75) is 105 Å². The number of hydrogen-bond donors (Lipinski definition) is 1. The molecule has 43 heavy (non-hydrogen) atoms. The van der Waals surface area contributed by atoms with Gasteiger partial charge in [0.15, 0.2) is 11.6 Å². The predicted molar refractivity (Wildman–Crippen MR) is 174 cm³/mol. The Morgan fingerprint density at radius 3 is 2.21 bits per heavy atom. The van der Waals surface area contributed by atoms with Gasteiger partial charge in [0.2, 0.25) is 0 Å². The van der Waals surface area contributed by atoms with Crippen LogP contribution in [-0.2, 0) is 14.4 Å². The lowest BCUT2D eigenvalue weighted by molar-refractivity contribution is -0.183. The number of thioether (sulfide) groups is 1. The number of aliphatic carboxylic acids is 1. The molecule has 0 aliphatic heterocycles. The zero-order valence-electron chi connectivity index (χ0n) is 27.4.